The largest absolute Gasteiger partial charge is 0.335 e. The van der Waals surface area contributed by atoms with E-state index in [1.807, 2.05) is 0 Å². The number of nitrogens with zero attached hydrogens (tertiary/aromatic N) is 2. The van der Waals surface area contributed by atoms with Gasteiger partial charge in [0.15, 0.2) is 5.03 Å². The summed E-state index contributed by atoms with van der Waals surface area (Å²) in [5, 5.41) is 8.35. The maximum absolute atomic E-state index is 11.3. The van der Waals surface area contributed by atoms with Gasteiger partial charge >= 0.3 is 0 Å². The number of H-pyrrole nitrogens is 1. The van der Waals surface area contributed by atoms with Crippen molar-refractivity contribution in [2.75, 3.05) is 0 Å². The first-order valence-electron chi connectivity index (χ1n) is 3.46. The topological polar surface area (TPSA) is 98.6 Å². The van der Waals surface area contributed by atoms with E-state index < -0.39 is 16.1 Å². The van der Waals surface area contributed by atoms with Crippen LogP contribution >= 0.6 is 0 Å². The van der Waals surface area contributed by atoms with Crippen LogP contribution in [0.4, 0.5) is 0 Å². The predicted molar refractivity (Wildman–Crippen MR) is 44.0 cm³/mol. The van der Waals surface area contributed by atoms with Crippen LogP contribution in [0.1, 0.15) is 6.92 Å². The Morgan fingerprint density at radius 1 is 1.77 bits per heavy atom. The molecule has 0 saturated carbocycles. The van der Waals surface area contributed by atoms with Crippen molar-refractivity contribution in [1.29, 1.82) is 5.26 Å². The van der Waals surface area contributed by atoms with E-state index in [2.05, 4.69) is 14.7 Å². The maximum Gasteiger partial charge on any atom is 0.258 e. The minimum atomic E-state index is -3.62. The number of sulfonamides is 1. The molecule has 0 saturated heterocycles. The monoisotopic (exact) mass is 200 g/mol. The molecule has 1 atom stereocenters. The lowest BCUT2D eigenvalue weighted by molar-refractivity contribution is 0.574. The van der Waals surface area contributed by atoms with Gasteiger partial charge in [0.2, 0.25) is 0 Å². The molecule has 0 spiro atoms. The van der Waals surface area contributed by atoms with Crippen molar-refractivity contribution < 1.29 is 8.42 Å². The summed E-state index contributed by atoms with van der Waals surface area (Å²) in [6, 6.07) is 1.00. The number of aromatic amines is 1. The smallest absolute Gasteiger partial charge is 0.258 e. The molecule has 0 bridgehead atoms. The minimum absolute atomic E-state index is 0.0467. The summed E-state index contributed by atoms with van der Waals surface area (Å²) in [6.45, 7) is 1.45. The number of aromatic nitrogens is 2. The number of hydrogen-bond donors (Lipinski definition) is 2. The summed E-state index contributed by atoms with van der Waals surface area (Å²) in [7, 11) is -3.62. The molecule has 1 heterocycles. The second-order valence-corrected chi connectivity index (χ2v) is 4.07. The highest BCUT2D eigenvalue weighted by Crippen LogP contribution is 2.02. The van der Waals surface area contributed by atoms with Gasteiger partial charge in [-0.3, -0.25) is 0 Å². The SMILES string of the molecule is C[C@@H](C#N)NS(=O)(=O)c1cnc[nH]1. The Kier molecular flexibility index (Phi) is 2.65. The van der Waals surface area contributed by atoms with Crippen molar-refractivity contribution in [3.8, 4) is 6.07 Å². The zero-order valence-corrected chi connectivity index (χ0v) is 7.67. The lowest BCUT2D eigenvalue weighted by atomic mass is 10.4. The van der Waals surface area contributed by atoms with Gasteiger partial charge in [-0.2, -0.15) is 9.98 Å². The number of hydrogen-bond acceptors (Lipinski definition) is 4. The molecule has 0 unspecified atom stereocenters. The van der Waals surface area contributed by atoms with Gasteiger partial charge in [-0.1, -0.05) is 0 Å². The van der Waals surface area contributed by atoms with Gasteiger partial charge in [0.1, 0.15) is 6.04 Å². The molecule has 7 heteroatoms. The van der Waals surface area contributed by atoms with Crippen LogP contribution in [-0.2, 0) is 10.0 Å². The molecule has 1 aromatic rings. The molecule has 13 heavy (non-hydrogen) atoms. The predicted octanol–water partition coefficient (Wildman–Crippen LogP) is -0.400. The van der Waals surface area contributed by atoms with Crippen LogP contribution in [0.2, 0.25) is 0 Å². The Bertz CT molecular complexity index is 402. The zero-order chi connectivity index (χ0) is 9.90. The van der Waals surface area contributed by atoms with Gasteiger partial charge in [-0.05, 0) is 6.92 Å². The van der Waals surface area contributed by atoms with E-state index in [1.54, 1.807) is 6.07 Å². The minimum Gasteiger partial charge on any atom is -0.335 e. The molecule has 0 amide bonds. The average molecular weight is 200 g/mol. The first-order valence-corrected chi connectivity index (χ1v) is 4.95. The fourth-order valence-electron chi connectivity index (χ4n) is 0.713. The molecular weight excluding hydrogens is 192 g/mol. The van der Waals surface area contributed by atoms with Crippen molar-refractivity contribution >= 4 is 10.0 Å². The molecule has 0 aliphatic carbocycles. The summed E-state index contributed by atoms with van der Waals surface area (Å²) in [5.74, 6) is 0. The molecular formula is C6H8N4O2S. The average Bonchev–Trinajstić information content (AvgIpc) is 2.55. The van der Waals surface area contributed by atoms with E-state index in [-0.39, 0.29) is 5.03 Å². The molecule has 0 fully saturated rings. The quantitative estimate of drug-likeness (QED) is 0.693. The van der Waals surface area contributed by atoms with Gasteiger partial charge in [0.05, 0.1) is 18.6 Å². The second-order valence-electron chi connectivity index (χ2n) is 2.39. The number of imidazole rings is 1. The normalized spacial score (nSPS) is 13.5. The highest BCUT2D eigenvalue weighted by Gasteiger charge is 2.17. The van der Waals surface area contributed by atoms with Crippen LogP contribution in [0.3, 0.4) is 0 Å². The van der Waals surface area contributed by atoms with Gasteiger partial charge < -0.3 is 4.98 Å². The molecule has 6 nitrogen and oxygen atoms in total. The second kappa shape index (κ2) is 3.55. The summed E-state index contributed by atoms with van der Waals surface area (Å²) < 4.78 is 24.8. The van der Waals surface area contributed by atoms with Gasteiger partial charge in [0.25, 0.3) is 10.0 Å². The molecule has 0 aliphatic heterocycles. The Morgan fingerprint density at radius 3 is 2.92 bits per heavy atom. The standard InChI is InChI=1S/C6H8N4O2S/c1-5(2-7)10-13(11,12)6-3-8-4-9-6/h3-5,10H,1H3,(H,8,9)/t5-/m0/s1. The molecule has 0 aliphatic rings. The van der Waals surface area contributed by atoms with Crippen LogP contribution < -0.4 is 4.72 Å². The van der Waals surface area contributed by atoms with Crippen molar-refractivity contribution in [1.82, 2.24) is 14.7 Å². The molecule has 70 valence electrons. The third kappa shape index (κ3) is 2.27. The molecule has 0 aromatic carbocycles. The Morgan fingerprint density at radius 2 is 2.46 bits per heavy atom. The number of nitriles is 1. The summed E-state index contributed by atoms with van der Waals surface area (Å²) in [5.41, 5.74) is 0. The van der Waals surface area contributed by atoms with E-state index >= 15 is 0 Å². The van der Waals surface area contributed by atoms with Crippen LogP contribution in [-0.4, -0.2) is 24.4 Å². The first kappa shape index (κ1) is 9.70. The van der Waals surface area contributed by atoms with E-state index in [9.17, 15) is 8.42 Å². The van der Waals surface area contributed by atoms with Crippen LogP contribution in [0, 0.1) is 11.3 Å². The molecule has 1 rings (SSSR count). The highest BCUT2D eigenvalue weighted by molar-refractivity contribution is 7.89. The third-order valence-electron chi connectivity index (χ3n) is 1.29. The lowest BCUT2D eigenvalue weighted by Gasteiger charge is -2.04. The van der Waals surface area contributed by atoms with Crippen molar-refractivity contribution in [2.24, 2.45) is 0 Å². The van der Waals surface area contributed by atoms with Gasteiger partial charge in [0, 0.05) is 0 Å². The van der Waals surface area contributed by atoms with E-state index in [0.29, 0.717) is 0 Å². The molecule has 1 aromatic heterocycles. The number of nitrogens with one attached hydrogen (secondary N) is 2. The Hall–Kier alpha value is -1.39. The van der Waals surface area contributed by atoms with E-state index in [1.165, 1.54) is 19.4 Å². The zero-order valence-electron chi connectivity index (χ0n) is 6.85. The van der Waals surface area contributed by atoms with Crippen LogP contribution in [0.25, 0.3) is 0 Å². The summed E-state index contributed by atoms with van der Waals surface area (Å²) in [6.07, 6.45) is 2.43. The maximum atomic E-state index is 11.3. The molecule has 2 N–H and O–H groups in total. The fraction of sp³-hybridized carbons (Fsp3) is 0.333. The third-order valence-corrected chi connectivity index (χ3v) is 2.75. The Labute approximate surface area is 75.7 Å². The van der Waals surface area contributed by atoms with Gasteiger partial charge in [-0.15, -0.1) is 0 Å². The summed E-state index contributed by atoms with van der Waals surface area (Å²) >= 11 is 0. The van der Waals surface area contributed by atoms with Crippen molar-refractivity contribution in [3.63, 3.8) is 0 Å². The fourth-order valence-corrected chi connectivity index (χ4v) is 1.77. The summed E-state index contributed by atoms with van der Waals surface area (Å²) in [4.78, 5) is 6.00. The van der Waals surface area contributed by atoms with Crippen LogP contribution in [0.15, 0.2) is 17.6 Å². The highest BCUT2D eigenvalue weighted by atomic mass is 32.2. The van der Waals surface area contributed by atoms with Crippen molar-refractivity contribution in [2.45, 2.75) is 18.0 Å². The first-order chi connectivity index (χ1) is 6.06. The number of rotatable bonds is 3. The lowest BCUT2D eigenvalue weighted by Crippen LogP contribution is -2.31. The van der Waals surface area contributed by atoms with Crippen molar-refractivity contribution in [3.05, 3.63) is 12.5 Å². The molecule has 0 radical (unpaired) electrons. The van der Waals surface area contributed by atoms with Crippen LogP contribution in [0.5, 0.6) is 0 Å². The van der Waals surface area contributed by atoms with E-state index in [0.717, 1.165) is 0 Å². The van der Waals surface area contributed by atoms with E-state index in [4.69, 9.17) is 5.26 Å². The van der Waals surface area contributed by atoms with Gasteiger partial charge in [-0.25, -0.2) is 13.4 Å². The Balaban J connectivity index is 2.87.